The van der Waals surface area contributed by atoms with Crippen LogP contribution in [0, 0.1) is 6.92 Å². The number of nitrogens with two attached hydrogens (primary N) is 1. The average molecular weight is 314 g/mol. The molecular formula is C14H20BrNO2. The first-order chi connectivity index (χ1) is 8.58. The summed E-state index contributed by atoms with van der Waals surface area (Å²) in [6.45, 7) is 7.01. The number of halogens is 1. The smallest absolute Gasteiger partial charge is 0.198 e. The summed E-state index contributed by atoms with van der Waals surface area (Å²) < 4.78 is 11.9. The van der Waals surface area contributed by atoms with Crippen LogP contribution in [0.15, 0.2) is 28.4 Å². The van der Waals surface area contributed by atoms with Gasteiger partial charge < -0.3 is 15.2 Å². The van der Waals surface area contributed by atoms with Gasteiger partial charge in [-0.3, -0.25) is 0 Å². The van der Waals surface area contributed by atoms with Crippen molar-refractivity contribution in [2.24, 2.45) is 5.73 Å². The van der Waals surface area contributed by atoms with Gasteiger partial charge in [0.05, 0.1) is 5.70 Å². The SMILES string of the molecule is CCOC(OCC)C(N)=Cc1cc(C)ccc1Br. The minimum Gasteiger partial charge on any atom is -0.398 e. The lowest BCUT2D eigenvalue weighted by Crippen LogP contribution is -2.24. The Labute approximate surface area is 117 Å². The zero-order chi connectivity index (χ0) is 13.5. The second-order valence-electron chi connectivity index (χ2n) is 3.91. The maximum absolute atomic E-state index is 6.03. The van der Waals surface area contributed by atoms with Gasteiger partial charge in [0.25, 0.3) is 0 Å². The van der Waals surface area contributed by atoms with Gasteiger partial charge in [-0.2, -0.15) is 0 Å². The first-order valence-corrected chi connectivity index (χ1v) is 6.84. The molecular weight excluding hydrogens is 294 g/mol. The van der Waals surface area contributed by atoms with Crippen molar-refractivity contribution in [3.05, 3.63) is 39.5 Å². The fraction of sp³-hybridized carbons (Fsp3) is 0.429. The van der Waals surface area contributed by atoms with Crippen molar-refractivity contribution in [3.8, 4) is 0 Å². The normalized spacial score (nSPS) is 12.2. The molecule has 0 amide bonds. The van der Waals surface area contributed by atoms with E-state index in [1.54, 1.807) is 0 Å². The van der Waals surface area contributed by atoms with E-state index in [1.807, 2.05) is 39.0 Å². The summed E-state index contributed by atoms with van der Waals surface area (Å²) in [6, 6.07) is 6.11. The lowest BCUT2D eigenvalue weighted by atomic mass is 10.1. The van der Waals surface area contributed by atoms with Gasteiger partial charge in [-0.05, 0) is 38.5 Å². The minimum absolute atomic E-state index is 0.479. The van der Waals surface area contributed by atoms with Gasteiger partial charge in [0.1, 0.15) is 0 Å². The fourth-order valence-corrected chi connectivity index (χ4v) is 1.93. The predicted octanol–water partition coefficient (Wildman–Crippen LogP) is 3.46. The molecule has 0 spiro atoms. The third kappa shape index (κ3) is 4.44. The Kier molecular flexibility index (Phi) is 6.39. The second kappa shape index (κ2) is 7.56. The van der Waals surface area contributed by atoms with Crippen LogP contribution in [0.5, 0.6) is 0 Å². The van der Waals surface area contributed by atoms with Crippen molar-refractivity contribution in [2.45, 2.75) is 27.1 Å². The third-order valence-corrected chi connectivity index (χ3v) is 3.10. The molecule has 100 valence electrons. The third-order valence-electron chi connectivity index (χ3n) is 2.38. The molecule has 0 saturated carbocycles. The summed E-state index contributed by atoms with van der Waals surface area (Å²) in [5, 5.41) is 0. The minimum atomic E-state index is -0.479. The summed E-state index contributed by atoms with van der Waals surface area (Å²) in [4.78, 5) is 0. The maximum atomic E-state index is 6.03. The topological polar surface area (TPSA) is 44.5 Å². The highest BCUT2D eigenvalue weighted by atomic mass is 79.9. The summed E-state index contributed by atoms with van der Waals surface area (Å²) in [5.41, 5.74) is 8.81. The summed E-state index contributed by atoms with van der Waals surface area (Å²) in [7, 11) is 0. The lowest BCUT2D eigenvalue weighted by molar-refractivity contribution is -0.111. The molecule has 1 aromatic carbocycles. The van der Waals surface area contributed by atoms with Gasteiger partial charge in [0.2, 0.25) is 0 Å². The van der Waals surface area contributed by atoms with Crippen LogP contribution in [-0.2, 0) is 9.47 Å². The number of hydrogen-bond acceptors (Lipinski definition) is 3. The zero-order valence-corrected chi connectivity index (χ0v) is 12.7. The number of hydrogen-bond donors (Lipinski definition) is 1. The molecule has 0 aliphatic heterocycles. The highest BCUT2D eigenvalue weighted by Gasteiger charge is 2.11. The molecule has 2 N–H and O–H groups in total. The predicted molar refractivity (Wildman–Crippen MR) is 78.1 cm³/mol. The van der Waals surface area contributed by atoms with Crippen molar-refractivity contribution in [1.29, 1.82) is 0 Å². The summed E-state index contributed by atoms with van der Waals surface area (Å²) in [6.07, 6.45) is 1.40. The monoisotopic (exact) mass is 313 g/mol. The second-order valence-corrected chi connectivity index (χ2v) is 4.77. The molecule has 0 aromatic heterocycles. The molecule has 1 rings (SSSR count). The highest BCUT2D eigenvalue weighted by molar-refractivity contribution is 9.10. The molecule has 0 radical (unpaired) electrons. The van der Waals surface area contributed by atoms with Crippen molar-refractivity contribution < 1.29 is 9.47 Å². The number of aryl methyl sites for hydroxylation is 1. The van der Waals surface area contributed by atoms with Gasteiger partial charge in [0, 0.05) is 17.7 Å². The molecule has 18 heavy (non-hydrogen) atoms. The number of benzene rings is 1. The Morgan fingerprint density at radius 3 is 2.50 bits per heavy atom. The van der Waals surface area contributed by atoms with Crippen LogP contribution < -0.4 is 5.73 Å². The van der Waals surface area contributed by atoms with Crippen molar-refractivity contribution in [2.75, 3.05) is 13.2 Å². The Morgan fingerprint density at radius 2 is 1.94 bits per heavy atom. The zero-order valence-electron chi connectivity index (χ0n) is 11.1. The standard InChI is InChI=1S/C14H20BrNO2/c1-4-17-14(18-5-2)13(16)9-11-8-10(3)6-7-12(11)15/h6-9,14H,4-5,16H2,1-3H3. The average Bonchev–Trinajstić information content (AvgIpc) is 2.33. The Hall–Kier alpha value is -0.840. The fourth-order valence-electron chi connectivity index (χ4n) is 1.56. The molecule has 1 aromatic rings. The Bertz CT molecular complexity index is 412. The molecule has 3 nitrogen and oxygen atoms in total. The highest BCUT2D eigenvalue weighted by Crippen LogP contribution is 2.21. The molecule has 0 unspecified atom stereocenters. The molecule has 0 fully saturated rings. The molecule has 0 saturated heterocycles. The molecule has 4 heteroatoms. The van der Waals surface area contributed by atoms with Gasteiger partial charge in [-0.15, -0.1) is 0 Å². The van der Waals surface area contributed by atoms with Crippen LogP contribution in [0.25, 0.3) is 6.08 Å². The molecule has 0 aliphatic carbocycles. The van der Waals surface area contributed by atoms with Crippen molar-refractivity contribution >= 4 is 22.0 Å². The molecule has 0 aliphatic rings. The van der Waals surface area contributed by atoms with Crippen LogP contribution in [0.2, 0.25) is 0 Å². The molecule has 0 atom stereocenters. The van der Waals surface area contributed by atoms with Gasteiger partial charge in [-0.1, -0.05) is 33.6 Å². The van der Waals surface area contributed by atoms with E-state index in [0.29, 0.717) is 18.9 Å². The van der Waals surface area contributed by atoms with Crippen molar-refractivity contribution in [1.82, 2.24) is 0 Å². The van der Waals surface area contributed by atoms with E-state index in [0.717, 1.165) is 10.0 Å². The Morgan fingerprint density at radius 1 is 1.33 bits per heavy atom. The Balaban J connectivity index is 2.94. The largest absolute Gasteiger partial charge is 0.398 e. The first kappa shape index (κ1) is 15.2. The van der Waals surface area contributed by atoms with Gasteiger partial charge >= 0.3 is 0 Å². The van der Waals surface area contributed by atoms with E-state index < -0.39 is 6.29 Å². The summed E-state index contributed by atoms with van der Waals surface area (Å²) >= 11 is 3.50. The van der Waals surface area contributed by atoms with Crippen LogP contribution >= 0.6 is 15.9 Å². The van der Waals surface area contributed by atoms with E-state index in [1.165, 1.54) is 5.56 Å². The van der Waals surface area contributed by atoms with Gasteiger partial charge in [-0.25, -0.2) is 0 Å². The lowest BCUT2D eigenvalue weighted by Gasteiger charge is -2.17. The van der Waals surface area contributed by atoms with E-state index in [9.17, 15) is 0 Å². The quantitative estimate of drug-likeness (QED) is 0.818. The number of rotatable bonds is 6. The van der Waals surface area contributed by atoms with E-state index in [4.69, 9.17) is 15.2 Å². The van der Waals surface area contributed by atoms with E-state index in [-0.39, 0.29) is 0 Å². The van der Waals surface area contributed by atoms with E-state index >= 15 is 0 Å². The van der Waals surface area contributed by atoms with E-state index in [2.05, 4.69) is 22.0 Å². The first-order valence-electron chi connectivity index (χ1n) is 6.04. The van der Waals surface area contributed by atoms with Crippen LogP contribution in [0.4, 0.5) is 0 Å². The van der Waals surface area contributed by atoms with Gasteiger partial charge in [0.15, 0.2) is 6.29 Å². The van der Waals surface area contributed by atoms with Crippen LogP contribution in [0.1, 0.15) is 25.0 Å². The molecule has 0 heterocycles. The van der Waals surface area contributed by atoms with Crippen molar-refractivity contribution in [3.63, 3.8) is 0 Å². The van der Waals surface area contributed by atoms with Crippen LogP contribution in [-0.4, -0.2) is 19.5 Å². The number of ether oxygens (including phenoxy) is 2. The van der Waals surface area contributed by atoms with Crippen LogP contribution in [0.3, 0.4) is 0 Å². The maximum Gasteiger partial charge on any atom is 0.198 e. The summed E-state index contributed by atoms with van der Waals surface area (Å²) in [5.74, 6) is 0. The molecule has 0 bridgehead atoms.